The number of nitrogens with zero attached hydrogens (tertiary/aromatic N) is 5. The fourth-order valence-corrected chi connectivity index (χ4v) is 4.07. The molecule has 3 amide bonds. The van der Waals surface area contributed by atoms with Crippen LogP contribution in [0.15, 0.2) is 42.6 Å². The lowest BCUT2D eigenvalue weighted by Gasteiger charge is -2.29. The topological polar surface area (TPSA) is 119 Å². The van der Waals surface area contributed by atoms with Gasteiger partial charge in [-0.15, -0.1) is 5.10 Å². The summed E-state index contributed by atoms with van der Waals surface area (Å²) in [6, 6.07) is 9.41. The van der Waals surface area contributed by atoms with Gasteiger partial charge in [0.2, 0.25) is 11.8 Å². The predicted octanol–water partition coefficient (Wildman–Crippen LogP) is 1.83. The minimum Gasteiger partial charge on any atom is -0.322 e. The Balaban J connectivity index is 1.35. The van der Waals surface area contributed by atoms with Crippen LogP contribution in [0.25, 0.3) is 17.1 Å². The predicted molar refractivity (Wildman–Crippen MR) is 111 cm³/mol. The maximum Gasteiger partial charge on any atom is 0.345 e. The average molecular weight is 468 g/mol. The fourth-order valence-electron chi connectivity index (χ4n) is 4.07. The van der Waals surface area contributed by atoms with E-state index in [1.54, 1.807) is 36.5 Å². The van der Waals surface area contributed by atoms with Crippen molar-refractivity contribution < 1.29 is 27.9 Å². The summed E-state index contributed by atoms with van der Waals surface area (Å²) in [5.41, 5.74) is 2.78. The molecule has 10 nitrogen and oxygen atoms in total. The molecule has 34 heavy (non-hydrogen) atoms. The smallest absolute Gasteiger partial charge is 0.322 e. The molecule has 0 spiro atoms. The number of imide groups is 1. The molecule has 3 aromatic rings. The zero-order chi connectivity index (χ0) is 23.8. The first-order valence-corrected chi connectivity index (χ1v) is 10.5. The number of fused-ring (bicyclic) bond motifs is 1. The Morgan fingerprint density at radius 2 is 2.03 bits per heavy atom. The van der Waals surface area contributed by atoms with Gasteiger partial charge >= 0.3 is 6.61 Å². The van der Waals surface area contributed by atoms with E-state index in [1.807, 2.05) is 6.07 Å². The first-order chi connectivity index (χ1) is 16.4. The Morgan fingerprint density at radius 3 is 2.82 bits per heavy atom. The van der Waals surface area contributed by atoms with E-state index in [0.29, 0.717) is 34.8 Å². The fraction of sp³-hybridized carbons (Fsp3) is 0.273. The molecule has 5 rings (SSSR count). The van der Waals surface area contributed by atoms with Crippen molar-refractivity contribution in [2.45, 2.75) is 38.6 Å². The molecular weight excluding hydrogens is 450 g/mol. The highest BCUT2D eigenvalue weighted by molar-refractivity contribution is 6.05. The van der Waals surface area contributed by atoms with Crippen LogP contribution < -0.4 is 5.32 Å². The maximum absolute atomic E-state index is 12.9. The van der Waals surface area contributed by atoms with Gasteiger partial charge in [0, 0.05) is 24.1 Å². The second kappa shape index (κ2) is 8.71. The SMILES string of the molecule is O=C1CCC(N2Cc3cc(-c4cn(-c5cccc(COC(F)F)n5)nn4)ccc3C2=O)C(=O)N1. The molecule has 2 aromatic heterocycles. The Labute approximate surface area is 191 Å². The van der Waals surface area contributed by atoms with Crippen LogP contribution in [0.3, 0.4) is 0 Å². The molecule has 12 heteroatoms. The Hall–Kier alpha value is -4.06. The number of piperidine rings is 1. The number of hydrogen-bond donors (Lipinski definition) is 1. The number of amides is 3. The van der Waals surface area contributed by atoms with Crippen molar-refractivity contribution in [2.75, 3.05) is 0 Å². The van der Waals surface area contributed by atoms with E-state index >= 15 is 0 Å². The third kappa shape index (κ3) is 4.15. The molecule has 4 heterocycles. The van der Waals surface area contributed by atoms with Crippen molar-refractivity contribution in [3.05, 3.63) is 59.4 Å². The summed E-state index contributed by atoms with van der Waals surface area (Å²) >= 11 is 0. The van der Waals surface area contributed by atoms with Gasteiger partial charge in [-0.3, -0.25) is 19.7 Å². The van der Waals surface area contributed by atoms with Crippen LogP contribution in [0.1, 0.15) is 34.5 Å². The summed E-state index contributed by atoms with van der Waals surface area (Å²) in [4.78, 5) is 42.2. The summed E-state index contributed by atoms with van der Waals surface area (Å²) in [7, 11) is 0. The van der Waals surface area contributed by atoms with Crippen LogP contribution in [0.5, 0.6) is 0 Å². The Bertz CT molecular complexity index is 1290. The minimum atomic E-state index is -2.89. The number of aromatic nitrogens is 4. The summed E-state index contributed by atoms with van der Waals surface area (Å²) in [6.07, 6.45) is 2.12. The zero-order valence-electron chi connectivity index (χ0n) is 17.6. The Morgan fingerprint density at radius 1 is 1.18 bits per heavy atom. The van der Waals surface area contributed by atoms with Crippen LogP contribution in [0, 0.1) is 0 Å². The van der Waals surface area contributed by atoms with Gasteiger partial charge in [0.05, 0.1) is 18.5 Å². The largest absolute Gasteiger partial charge is 0.345 e. The van der Waals surface area contributed by atoms with Crippen molar-refractivity contribution in [3.8, 4) is 17.1 Å². The van der Waals surface area contributed by atoms with Gasteiger partial charge in [-0.1, -0.05) is 17.3 Å². The molecule has 1 unspecified atom stereocenters. The van der Waals surface area contributed by atoms with Crippen LogP contribution >= 0.6 is 0 Å². The van der Waals surface area contributed by atoms with E-state index in [2.05, 4.69) is 25.3 Å². The number of carbonyl (C=O) groups is 3. The molecule has 1 aromatic carbocycles. The molecular formula is C22H18F2N6O4. The zero-order valence-corrected chi connectivity index (χ0v) is 17.6. The monoisotopic (exact) mass is 468 g/mol. The summed E-state index contributed by atoms with van der Waals surface area (Å²) < 4.78 is 30.3. The molecule has 1 saturated heterocycles. The quantitative estimate of drug-likeness (QED) is 0.548. The molecule has 2 aliphatic rings. The lowest BCUT2D eigenvalue weighted by molar-refractivity contribution is -0.138. The number of halogens is 2. The van der Waals surface area contributed by atoms with Crippen LogP contribution in [0.4, 0.5) is 8.78 Å². The van der Waals surface area contributed by atoms with E-state index < -0.39 is 18.6 Å². The van der Waals surface area contributed by atoms with E-state index in [4.69, 9.17) is 0 Å². The number of rotatable bonds is 6. The highest BCUT2D eigenvalue weighted by atomic mass is 19.3. The van der Waals surface area contributed by atoms with Crippen molar-refractivity contribution in [1.29, 1.82) is 0 Å². The molecule has 1 N–H and O–H groups in total. The van der Waals surface area contributed by atoms with E-state index in [9.17, 15) is 23.2 Å². The molecule has 0 radical (unpaired) electrons. The van der Waals surface area contributed by atoms with Gasteiger partial charge in [0.15, 0.2) is 5.82 Å². The molecule has 0 bridgehead atoms. The van der Waals surface area contributed by atoms with Gasteiger partial charge in [0.25, 0.3) is 5.91 Å². The van der Waals surface area contributed by atoms with E-state index in [1.165, 1.54) is 9.58 Å². The number of hydrogen-bond acceptors (Lipinski definition) is 7. The molecule has 2 aliphatic heterocycles. The Kier molecular flexibility index (Phi) is 5.57. The second-order valence-electron chi connectivity index (χ2n) is 7.88. The highest BCUT2D eigenvalue weighted by Crippen LogP contribution is 2.30. The van der Waals surface area contributed by atoms with Gasteiger partial charge in [-0.2, -0.15) is 8.78 Å². The molecule has 0 aliphatic carbocycles. The van der Waals surface area contributed by atoms with Crippen molar-refractivity contribution >= 4 is 17.7 Å². The summed E-state index contributed by atoms with van der Waals surface area (Å²) in [5, 5.41) is 10.5. The maximum atomic E-state index is 12.9. The first-order valence-electron chi connectivity index (χ1n) is 10.5. The van der Waals surface area contributed by atoms with Crippen LogP contribution in [0.2, 0.25) is 0 Å². The first kappa shape index (κ1) is 21.8. The van der Waals surface area contributed by atoms with Crippen molar-refractivity contribution in [3.63, 3.8) is 0 Å². The number of alkyl halides is 2. The molecule has 174 valence electrons. The van der Waals surface area contributed by atoms with Gasteiger partial charge < -0.3 is 9.64 Å². The average Bonchev–Trinajstić information content (AvgIpc) is 3.43. The molecule has 1 atom stereocenters. The minimum absolute atomic E-state index is 0.189. The van der Waals surface area contributed by atoms with Crippen LogP contribution in [-0.4, -0.2) is 55.3 Å². The number of ether oxygens (including phenoxy) is 1. The van der Waals surface area contributed by atoms with E-state index in [-0.39, 0.29) is 31.4 Å². The summed E-state index contributed by atoms with van der Waals surface area (Å²) in [5.74, 6) is -0.673. The van der Waals surface area contributed by atoms with Gasteiger partial charge in [-0.05, 0) is 36.2 Å². The van der Waals surface area contributed by atoms with Gasteiger partial charge in [0.1, 0.15) is 11.7 Å². The second-order valence-corrected chi connectivity index (χ2v) is 7.88. The number of pyridine rings is 1. The third-order valence-corrected chi connectivity index (χ3v) is 5.70. The summed E-state index contributed by atoms with van der Waals surface area (Å²) in [6.45, 7) is -2.98. The standard InChI is InChI=1S/C22H18F2N6O4/c23-22(24)34-11-14-2-1-3-18(25-14)30-10-16(27-28-30)12-4-5-15-13(8-12)9-29(21(15)33)17-6-7-19(31)26-20(17)32/h1-5,8,10,17,22H,6-7,9,11H2,(H,26,31,32). The normalized spacial score (nSPS) is 17.9. The van der Waals surface area contributed by atoms with Gasteiger partial charge in [-0.25, -0.2) is 9.67 Å². The molecule has 0 saturated carbocycles. The van der Waals surface area contributed by atoms with Crippen LogP contribution in [-0.2, 0) is 27.5 Å². The number of benzene rings is 1. The van der Waals surface area contributed by atoms with E-state index in [0.717, 1.165) is 5.56 Å². The third-order valence-electron chi connectivity index (χ3n) is 5.70. The number of nitrogens with one attached hydrogen (secondary N) is 1. The number of carbonyl (C=O) groups excluding carboxylic acids is 3. The molecule has 1 fully saturated rings. The lowest BCUT2D eigenvalue weighted by atomic mass is 10.0. The lowest BCUT2D eigenvalue weighted by Crippen LogP contribution is -2.52. The highest BCUT2D eigenvalue weighted by Gasteiger charge is 2.39. The van der Waals surface area contributed by atoms with Crippen molar-refractivity contribution in [1.82, 2.24) is 30.2 Å². The van der Waals surface area contributed by atoms with Crippen molar-refractivity contribution in [2.24, 2.45) is 0 Å².